The summed E-state index contributed by atoms with van der Waals surface area (Å²) in [4.78, 5) is 26.3. The third-order valence-electron chi connectivity index (χ3n) is 4.24. The second kappa shape index (κ2) is 8.77. The van der Waals surface area contributed by atoms with Crippen LogP contribution in [0.4, 0.5) is 0 Å². The smallest absolute Gasteiger partial charge is 0.344 e. The van der Waals surface area contributed by atoms with Gasteiger partial charge in [-0.3, -0.25) is 4.79 Å². The maximum atomic E-state index is 11.0. The minimum Gasteiger partial charge on any atom is -0.479 e. The van der Waals surface area contributed by atoms with E-state index in [0.29, 0.717) is 11.3 Å². The molecule has 0 aliphatic carbocycles. The number of benzene rings is 3. The lowest BCUT2D eigenvalue weighted by Gasteiger charge is -2.08. The van der Waals surface area contributed by atoms with Gasteiger partial charge < -0.3 is 9.94 Å². The average Bonchev–Trinajstić information content (AvgIpc) is 2.73. The molecule has 0 heterocycles. The van der Waals surface area contributed by atoms with Crippen molar-refractivity contribution < 1.29 is 19.5 Å². The van der Waals surface area contributed by atoms with Gasteiger partial charge in [0, 0.05) is 5.56 Å². The molecule has 0 bridgehead atoms. The van der Waals surface area contributed by atoms with E-state index in [4.69, 9.17) is 9.94 Å². The van der Waals surface area contributed by atoms with E-state index >= 15 is 0 Å². The van der Waals surface area contributed by atoms with E-state index in [1.165, 1.54) is 0 Å². The highest BCUT2D eigenvalue weighted by Crippen LogP contribution is 2.27. The molecule has 0 aromatic heterocycles. The molecule has 0 aliphatic rings. The number of oxime groups is 1. The van der Waals surface area contributed by atoms with Gasteiger partial charge in [-0.05, 0) is 46.9 Å². The topological polar surface area (TPSA) is 76.0 Å². The van der Waals surface area contributed by atoms with Crippen molar-refractivity contribution in [3.63, 3.8) is 0 Å². The van der Waals surface area contributed by atoms with Crippen molar-refractivity contribution in [2.45, 2.75) is 6.92 Å². The Balaban J connectivity index is 1.82. The Kier molecular flexibility index (Phi) is 5.97. The van der Waals surface area contributed by atoms with Crippen molar-refractivity contribution >= 4 is 18.0 Å². The molecule has 0 radical (unpaired) electrons. The maximum absolute atomic E-state index is 11.0. The molecule has 0 unspecified atom stereocenters. The molecule has 1 N–H and O–H groups in total. The van der Waals surface area contributed by atoms with Gasteiger partial charge in [0.15, 0.2) is 0 Å². The molecule has 0 amide bonds. The van der Waals surface area contributed by atoms with Crippen LogP contribution in [0.3, 0.4) is 0 Å². The summed E-state index contributed by atoms with van der Waals surface area (Å²) in [5.41, 5.74) is 6.21. The number of carboxylic acid groups (broad SMARTS) is 1. The number of nitrogens with zero attached hydrogens (tertiary/aromatic N) is 1. The van der Waals surface area contributed by atoms with Gasteiger partial charge in [-0.25, -0.2) is 4.79 Å². The maximum Gasteiger partial charge on any atom is 0.344 e. The Morgan fingerprint density at radius 2 is 1.54 bits per heavy atom. The van der Waals surface area contributed by atoms with Crippen LogP contribution in [0.25, 0.3) is 22.3 Å². The second-order valence-corrected chi connectivity index (χ2v) is 6.25. The van der Waals surface area contributed by atoms with Crippen LogP contribution in [-0.2, 0) is 9.63 Å². The van der Waals surface area contributed by atoms with Crippen LogP contribution in [-0.4, -0.2) is 29.7 Å². The van der Waals surface area contributed by atoms with Crippen LogP contribution in [0, 0.1) is 0 Å². The summed E-state index contributed by atoms with van der Waals surface area (Å²) in [5.74, 6) is -1.06. The lowest BCUT2D eigenvalue weighted by molar-refractivity contribution is -0.142. The Labute approximate surface area is 162 Å². The lowest BCUT2D eigenvalue weighted by Crippen LogP contribution is -2.05. The van der Waals surface area contributed by atoms with Gasteiger partial charge in [0.2, 0.25) is 6.61 Å². The largest absolute Gasteiger partial charge is 0.479 e. The molecule has 3 aromatic rings. The molecule has 0 fully saturated rings. The van der Waals surface area contributed by atoms with E-state index in [2.05, 4.69) is 11.2 Å². The number of carboxylic acids is 1. The Morgan fingerprint density at radius 3 is 2.18 bits per heavy atom. The number of hydrogen-bond acceptors (Lipinski definition) is 4. The third-order valence-corrected chi connectivity index (χ3v) is 4.24. The summed E-state index contributed by atoms with van der Waals surface area (Å²) in [6.45, 7) is 1.30. The Hall–Kier alpha value is -3.73. The second-order valence-electron chi connectivity index (χ2n) is 6.25. The predicted octanol–water partition coefficient (Wildman–Crippen LogP) is 4.66. The van der Waals surface area contributed by atoms with Gasteiger partial charge in [0.1, 0.15) is 6.29 Å². The van der Waals surface area contributed by atoms with Gasteiger partial charge in [0.05, 0.1) is 5.71 Å². The van der Waals surface area contributed by atoms with Gasteiger partial charge in [-0.15, -0.1) is 0 Å². The summed E-state index contributed by atoms with van der Waals surface area (Å²) in [6.07, 6.45) is 0.843. The van der Waals surface area contributed by atoms with E-state index in [1.807, 2.05) is 60.7 Å². The highest BCUT2D eigenvalue weighted by atomic mass is 16.6. The summed E-state index contributed by atoms with van der Waals surface area (Å²) < 4.78 is 0. The van der Waals surface area contributed by atoms with E-state index in [1.54, 1.807) is 13.0 Å². The number of aldehydes is 1. The van der Waals surface area contributed by atoms with Gasteiger partial charge >= 0.3 is 5.97 Å². The summed E-state index contributed by atoms with van der Waals surface area (Å²) in [5, 5.41) is 12.4. The highest BCUT2D eigenvalue weighted by Gasteiger charge is 2.05. The first-order valence-electron chi connectivity index (χ1n) is 8.71. The zero-order valence-corrected chi connectivity index (χ0v) is 15.3. The average molecular weight is 373 g/mol. The van der Waals surface area contributed by atoms with Crippen molar-refractivity contribution in [2.75, 3.05) is 6.61 Å². The molecular weight excluding hydrogens is 354 g/mol. The van der Waals surface area contributed by atoms with Crippen LogP contribution in [0.2, 0.25) is 0 Å². The molecule has 0 spiro atoms. The number of rotatable bonds is 7. The lowest BCUT2D eigenvalue weighted by atomic mass is 9.97. The van der Waals surface area contributed by atoms with Crippen molar-refractivity contribution in [3.8, 4) is 22.3 Å². The molecule has 5 heteroatoms. The van der Waals surface area contributed by atoms with Crippen LogP contribution in [0.1, 0.15) is 22.8 Å². The van der Waals surface area contributed by atoms with Gasteiger partial charge in [0.25, 0.3) is 0 Å². The SMILES string of the molecule is C/C(=N\OCC(=O)O)c1ccc(-c2cccc(-c3cccc(C=O)c3)c2)cc1. The first-order valence-corrected chi connectivity index (χ1v) is 8.71. The molecule has 0 aliphatic heterocycles. The standard InChI is InChI=1S/C23H19NO4/c1-16(24-28-15-23(26)27)18-8-10-19(11-9-18)21-6-3-7-22(13-21)20-5-2-4-17(12-20)14-25/h2-14H,15H2,1H3,(H,26,27)/b24-16+. The van der Waals surface area contributed by atoms with E-state index in [-0.39, 0.29) is 0 Å². The van der Waals surface area contributed by atoms with Crippen LogP contribution in [0.5, 0.6) is 0 Å². The van der Waals surface area contributed by atoms with Crippen molar-refractivity contribution in [1.29, 1.82) is 0 Å². The Morgan fingerprint density at radius 1 is 0.929 bits per heavy atom. The van der Waals surface area contributed by atoms with E-state index in [0.717, 1.165) is 34.1 Å². The fraction of sp³-hybridized carbons (Fsp3) is 0.0870. The van der Waals surface area contributed by atoms with Gasteiger partial charge in [-0.1, -0.05) is 65.8 Å². The molecule has 5 nitrogen and oxygen atoms in total. The first kappa shape index (κ1) is 19.0. The zero-order chi connectivity index (χ0) is 19.9. The van der Waals surface area contributed by atoms with Crippen molar-refractivity contribution in [2.24, 2.45) is 5.16 Å². The monoisotopic (exact) mass is 373 g/mol. The highest BCUT2D eigenvalue weighted by molar-refractivity contribution is 5.98. The first-order chi connectivity index (χ1) is 13.6. The molecular formula is C23H19NO4. The minimum absolute atomic E-state index is 0.465. The quantitative estimate of drug-likeness (QED) is 0.371. The van der Waals surface area contributed by atoms with Crippen LogP contribution < -0.4 is 0 Å². The Bertz CT molecular complexity index is 1020. The third kappa shape index (κ3) is 4.71. The normalized spacial score (nSPS) is 11.1. The fourth-order valence-corrected chi connectivity index (χ4v) is 2.81. The zero-order valence-electron chi connectivity index (χ0n) is 15.3. The molecule has 3 rings (SSSR count). The minimum atomic E-state index is -1.06. The molecule has 0 atom stereocenters. The molecule has 28 heavy (non-hydrogen) atoms. The summed E-state index contributed by atoms with van der Waals surface area (Å²) in [6, 6.07) is 23.4. The summed E-state index contributed by atoms with van der Waals surface area (Å²) >= 11 is 0. The number of aliphatic carboxylic acids is 1. The number of carbonyl (C=O) groups is 2. The van der Waals surface area contributed by atoms with Crippen molar-refractivity contribution in [1.82, 2.24) is 0 Å². The number of hydrogen-bond donors (Lipinski definition) is 1. The van der Waals surface area contributed by atoms with E-state index in [9.17, 15) is 9.59 Å². The van der Waals surface area contributed by atoms with Crippen LogP contribution in [0.15, 0.2) is 78.0 Å². The predicted molar refractivity (Wildman–Crippen MR) is 109 cm³/mol. The van der Waals surface area contributed by atoms with Crippen molar-refractivity contribution in [3.05, 3.63) is 83.9 Å². The van der Waals surface area contributed by atoms with Gasteiger partial charge in [-0.2, -0.15) is 0 Å². The van der Waals surface area contributed by atoms with Crippen LogP contribution >= 0.6 is 0 Å². The fourth-order valence-electron chi connectivity index (χ4n) is 2.81. The molecule has 0 saturated heterocycles. The number of carbonyl (C=O) groups excluding carboxylic acids is 1. The molecule has 140 valence electrons. The molecule has 3 aromatic carbocycles. The molecule has 0 saturated carbocycles. The summed E-state index contributed by atoms with van der Waals surface area (Å²) in [7, 11) is 0. The van der Waals surface area contributed by atoms with E-state index < -0.39 is 12.6 Å².